The number of halogens is 1. The van der Waals surface area contributed by atoms with Crippen molar-refractivity contribution in [3.8, 4) is 0 Å². The molecule has 0 spiro atoms. The van der Waals surface area contributed by atoms with Gasteiger partial charge in [-0.3, -0.25) is 0 Å². The van der Waals surface area contributed by atoms with Gasteiger partial charge in [-0.15, -0.1) is 9.24 Å². The quantitative estimate of drug-likeness (QED) is 0.590. The summed E-state index contributed by atoms with van der Waals surface area (Å²) < 4.78 is 12.7. The van der Waals surface area contributed by atoms with Crippen LogP contribution in [0.1, 0.15) is 31.7 Å². The van der Waals surface area contributed by atoms with Crippen molar-refractivity contribution in [2.24, 2.45) is 5.73 Å². The Hall–Kier alpha value is -1.24. The maximum Gasteiger partial charge on any atom is 0.108 e. The fraction of sp³-hybridized carbons (Fsp3) is 0.333. The van der Waals surface area contributed by atoms with Gasteiger partial charge in [-0.05, 0) is 35.5 Å². The third-order valence-corrected chi connectivity index (χ3v) is 3.27. The molecule has 21 heavy (non-hydrogen) atoms. The van der Waals surface area contributed by atoms with E-state index in [9.17, 15) is 4.39 Å². The molecule has 116 valence electrons. The van der Waals surface area contributed by atoms with Crippen molar-refractivity contribution in [2.75, 3.05) is 13.2 Å². The van der Waals surface area contributed by atoms with E-state index in [1.807, 2.05) is 38.1 Å². The number of hydrogen-bond donors (Lipinski definition) is 1. The minimum Gasteiger partial charge on any atom is -0.330 e. The summed E-state index contributed by atoms with van der Waals surface area (Å²) in [5.74, 6) is 0.123. The van der Waals surface area contributed by atoms with Gasteiger partial charge in [0.25, 0.3) is 0 Å². The SMILES string of the molecule is C=C/C=C\C(=C/CF)C(CCN)c1cccc(P)c1.CC. The second-order valence-electron chi connectivity index (χ2n) is 4.25. The van der Waals surface area contributed by atoms with Gasteiger partial charge >= 0.3 is 0 Å². The number of hydrogen-bond acceptors (Lipinski definition) is 1. The summed E-state index contributed by atoms with van der Waals surface area (Å²) in [6, 6.07) is 8.18. The Labute approximate surface area is 131 Å². The lowest BCUT2D eigenvalue weighted by Gasteiger charge is -2.18. The Morgan fingerprint density at radius 3 is 2.67 bits per heavy atom. The molecule has 2 N–H and O–H groups in total. The van der Waals surface area contributed by atoms with E-state index in [0.717, 1.165) is 22.9 Å². The Morgan fingerprint density at radius 1 is 1.43 bits per heavy atom. The first-order chi connectivity index (χ1) is 10.2. The van der Waals surface area contributed by atoms with Crippen molar-refractivity contribution < 1.29 is 4.39 Å². The van der Waals surface area contributed by atoms with Gasteiger partial charge in [0.1, 0.15) is 6.67 Å². The van der Waals surface area contributed by atoms with Gasteiger partial charge in [0, 0.05) is 5.92 Å². The first kappa shape index (κ1) is 19.8. The van der Waals surface area contributed by atoms with Gasteiger partial charge < -0.3 is 5.73 Å². The van der Waals surface area contributed by atoms with Crippen molar-refractivity contribution >= 4 is 14.5 Å². The van der Waals surface area contributed by atoms with Crippen LogP contribution in [0.15, 0.2) is 60.7 Å². The summed E-state index contributed by atoms with van der Waals surface area (Å²) in [5.41, 5.74) is 7.80. The lowest BCUT2D eigenvalue weighted by molar-refractivity contribution is 0.557. The zero-order chi connectivity index (χ0) is 16.1. The Kier molecular flexibility index (Phi) is 11.8. The molecule has 0 aliphatic rings. The van der Waals surface area contributed by atoms with Crippen LogP contribution in [0, 0.1) is 0 Å². The van der Waals surface area contributed by atoms with E-state index < -0.39 is 6.67 Å². The van der Waals surface area contributed by atoms with Crippen molar-refractivity contribution in [3.05, 3.63) is 66.3 Å². The van der Waals surface area contributed by atoms with Crippen LogP contribution in [0.2, 0.25) is 0 Å². The number of rotatable bonds is 7. The average Bonchev–Trinajstić information content (AvgIpc) is 2.51. The molecule has 3 heteroatoms. The van der Waals surface area contributed by atoms with E-state index in [1.165, 1.54) is 0 Å². The van der Waals surface area contributed by atoms with Crippen LogP contribution in [-0.2, 0) is 0 Å². The minimum atomic E-state index is -0.474. The molecule has 0 aliphatic carbocycles. The van der Waals surface area contributed by atoms with Crippen molar-refractivity contribution in [1.82, 2.24) is 0 Å². The molecule has 0 bridgehead atoms. The van der Waals surface area contributed by atoms with E-state index in [4.69, 9.17) is 5.73 Å². The third-order valence-electron chi connectivity index (χ3n) is 2.91. The van der Waals surface area contributed by atoms with Crippen molar-refractivity contribution in [3.63, 3.8) is 0 Å². The molecule has 2 unspecified atom stereocenters. The molecule has 0 aromatic heterocycles. The number of allylic oxidation sites excluding steroid dienone is 5. The summed E-state index contributed by atoms with van der Waals surface area (Å²) in [6.07, 6.45) is 7.83. The topological polar surface area (TPSA) is 26.0 Å². The first-order valence-corrected chi connectivity index (χ1v) is 7.91. The van der Waals surface area contributed by atoms with Crippen LogP contribution in [0.5, 0.6) is 0 Å². The molecule has 0 fully saturated rings. The molecule has 1 aromatic rings. The molecule has 0 aliphatic heterocycles. The molecule has 0 radical (unpaired) electrons. The predicted molar refractivity (Wildman–Crippen MR) is 96.9 cm³/mol. The lowest BCUT2D eigenvalue weighted by Crippen LogP contribution is -2.10. The Balaban J connectivity index is 0.00000191. The van der Waals surface area contributed by atoms with E-state index in [2.05, 4.69) is 28.0 Å². The molecule has 0 heterocycles. The van der Waals surface area contributed by atoms with E-state index in [1.54, 1.807) is 12.2 Å². The number of nitrogens with two attached hydrogens (primary N) is 1. The zero-order valence-electron chi connectivity index (χ0n) is 13.1. The lowest BCUT2D eigenvalue weighted by atomic mass is 9.87. The normalized spacial score (nSPS) is 12.7. The van der Waals surface area contributed by atoms with Crippen LogP contribution in [0.25, 0.3) is 0 Å². The van der Waals surface area contributed by atoms with Crippen LogP contribution in [-0.4, -0.2) is 13.2 Å². The number of alkyl halides is 1. The third kappa shape index (κ3) is 7.36. The molecule has 1 rings (SSSR count). The standard InChI is InChI=1S/C16H21FNP.C2H6/c1-2-3-5-13(8-10-17)16(9-11-18)14-6-4-7-15(19)12-14;1-2/h2-8,12,16H,1,9-11,18-19H2;1-2H3/b5-3-,13-8+;. The van der Waals surface area contributed by atoms with Gasteiger partial charge in [-0.1, -0.05) is 62.9 Å². The molecule has 2 atom stereocenters. The van der Waals surface area contributed by atoms with E-state index >= 15 is 0 Å². The zero-order valence-corrected chi connectivity index (χ0v) is 14.2. The second-order valence-corrected chi connectivity index (χ2v) is 4.92. The molecule has 0 amide bonds. The maximum atomic E-state index is 12.7. The van der Waals surface area contributed by atoms with Crippen LogP contribution < -0.4 is 11.0 Å². The summed E-state index contributed by atoms with van der Waals surface area (Å²) >= 11 is 0. The fourth-order valence-electron chi connectivity index (χ4n) is 2.06. The van der Waals surface area contributed by atoms with Crippen molar-refractivity contribution in [2.45, 2.75) is 26.2 Å². The van der Waals surface area contributed by atoms with Gasteiger partial charge in [0.2, 0.25) is 0 Å². The van der Waals surface area contributed by atoms with Gasteiger partial charge in [0.05, 0.1) is 0 Å². The summed E-state index contributed by atoms with van der Waals surface area (Å²) in [7, 11) is 2.68. The highest BCUT2D eigenvalue weighted by Crippen LogP contribution is 2.28. The largest absolute Gasteiger partial charge is 0.330 e. The highest BCUT2D eigenvalue weighted by Gasteiger charge is 2.14. The summed E-state index contributed by atoms with van der Waals surface area (Å²) in [5, 5.41) is 1.12. The molecular formula is C18H27FNP. The fourth-order valence-corrected chi connectivity index (χ4v) is 2.37. The molecule has 0 saturated carbocycles. The Morgan fingerprint density at radius 2 is 2.14 bits per heavy atom. The monoisotopic (exact) mass is 307 g/mol. The maximum absolute atomic E-state index is 12.7. The molecule has 1 nitrogen and oxygen atoms in total. The smallest absolute Gasteiger partial charge is 0.108 e. The summed E-state index contributed by atoms with van der Waals surface area (Å²) in [4.78, 5) is 0. The van der Waals surface area contributed by atoms with Gasteiger partial charge in [-0.25, -0.2) is 4.39 Å². The summed E-state index contributed by atoms with van der Waals surface area (Å²) in [6.45, 7) is 7.74. The van der Waals surface area contributed by atoms with Crippen molar-refractivity contribution in [1.29, 1.82) is 0 Å². The van der Waals surface area contributed by atoms with Gasteiger partial charge in [-0.2, -0.15) is 0 Å². The number of benzene rings is 1. The molecule has 0 saturated heterocycles. The first-order valence-electron chi connectivity index (χ1n) is 7.33. The molecule has 1 aromatic carbocycles. The van der Waals surface area contributed by atoms with Crippen LogP contribution in [0.4, 0.5) is 4.39 Å². The second kappa shape index (κ2) is 12.5. The van der Waals surface area contributed by atoms with E-state index in [0.29, 0.717) is 6.54 Å². The van der Waals surface area contributed by atoms with E-state index in [-0.39, 0.29) is 5.92 Å². The minimum absolute atomic E-state index is 0.123. The average molecular weight is 307 g/mol. The van der Waals surface area contributed by atoms with Crippen LogP contribution in [0.3, 0.4) is 0 Å². The predicted octanol–water partition coefficient (Wildman–Crippen LogP) is 4.28. The Bertz CT molecular complexity index is 466. The highest BCUT2D eigenvalue weighted by atomic mass is 31.0. The van der Waals surface area contributed by atoms with Gasteiger partial charge in [0.15, 0.2) is 0 Å². The molecular weight excluding hydrogens is 280 g/mol. The van der Waals surface area contributed by atoms with Crippen LogP contribution >= 0.6 is 9.24 Å². The highest BCUT2D eigenvalue weighted by molar-refractivity contribution is 7.27.